The molecule has 5 heteroatoms. The van der Waals surface area contributed by atoms with Crippen molar-refractivity contribution in [1.82, 2.24) is 14.9 Å². The van der Waals surface area contributed by atoms with E-state index in [9.17, 15) is 4.39 Å². The van der Waals surface area contributed by atoms with Crippen molar-refractivity contribution in [2.45, 2.75) is 10.9 Å². The summed E-state index contributed by atoms with van der Waals surface area (Å²) in [6.07, 6.45) is 3.68. The zero-order chi connectivity index (χ0) is 13.0. The van der Waals surface area contributed by atoms with E-state index >= 15 is 0 Å². The lowest BCUT2D eigenvalue weighted by molar-refractivity contribution is 0.588. The van der Waals surface area contributed by atoms with E-state index in [1.165, 1.54) is 17.8 Å². The fraction of sp³-hybridized carbons (Fsp3) is 0.308. The second-order valence-corrected chi connectivity index (χ2v) is 5.04. The number of aromatic nitrogens is 2. The number of halogens is 1. The van der Waals surface area contributed by atoms with Crippen LogP contribution in [0.5, 0.6) is 0 Å². The number of aryl methyl sites for hydroxylation is 1. The third-order valence-electron chi connectivity index (χ3n) is 2.76. The van der Waals surface area contributed by atoms with Crippen molar-refractivity contribution in [2.75, 3.05) is 12.8 Å². The van der Waals surface area contributed by atoms with Crippen molar-refractivity contribution in [3.05, 3.63) is 48.3 Å². The van der Waals surface area contributed by atoms with E-state index in [0.29, 0.717) is 4.90 Å². The normalized spacial score (nSPS) is 12.6. The molecular weight excluding hydrogens is 249 g/mol. The van der Waals surface area contributed by atoms with Gasteiger partial charge in [0.25, 0.3) is 0 Å². The van der Waals surface area contributed by atoms with Crippen LogP contribution in [0.1, 0.15) is 11.9 Å². The lowest BCUT2D eigenvalue weighted by Gasteiger charge is -2.15. The van der Waals surface area contributed by atoms with Gasteiger partial charge >= 0.3 is 0 Å². The van der Waals surface area contributed by atoms with Gasteiger partial charge in [-0.25, -0.2) is 9.37 Å². The standard InChI is InChI=1S/C13H16FN3S/c1-15-11(13-16-7-8-17(13)2)9-18-12-6-4-3-5-10(12)14/h3-8,11,15H,9H2,1-2H3. The summed E-state index contributed by atoms with van der Waals surface area (Å²) in [7, 11) is 3.85. The summed E-state index contributed by atoms with van der Waals surface area (Å²) >= 11 is 1.50. The van der Waals surface area contributed by atoms with Crippen molar-refractivity contribution in [3.8, 4) is 0 Å². The molecule has 1 aromatic carbocycles. The van der Waals surface area contributed by atoms with Crippen LogP contribution in [0.2, 0.25) is 0 Å². The fourth-order valence-corrected chi connectivity index (χ4v) is 2.78. The molecule has 0 radical (unpaired) electrons. The molecule has 0 aliphatic heterocycles. The van der Waals surface area contributed by atoms with E-state index < -0.39 is 0 Å². The van der Waals surface area contributed by atoms with Gasteiger partial charge in [-0.15, -0.1) is 11.8 Å². The summed E-state index contributed by atoms with van der Waals surface area (Å²) in [5.74, 6) is 1.53. The Balaban J connectivity index is 2.05. The van der Waals surface area contributed by atoms with Gasteiger partial charge < -0.3 is 9.88 Å². The van der Waals surface area contributed by atoms with E-state index in [4.69, 9.17) is 0 Å². The molecule has 0 amide bonds. The van der Waals surface area contributed by atoms with Gasteiger partial charge in [-0.2, -0.15) is 0 Å². The van der Waals surface area contributed by atoms with Gasteiger partial charge in [0.1, 0.15) is 11.6 Å². The molecule has 0 saturated heterocycles. The smallest absolute Gasteiger partial charge is 0.136 e. The highest BCUT2D eigenvalue weighted by atomic mass is 32.2. The van der Waals surface area contributed by atoms with E-state index in [1.807, 2.05) is 30.9 Å². The average molecular weight is 265 g/mol. The minimum atomic E-state index is -0.169. The van der Waals surface area contributed by atoms with Crippen molar-refractivity contribution in [3.63, 3.8) is 0 Å². The average Bonchev–Trinajstić information content (AvgIpc) is 2.79. The first kappa shape index (κ1) is 13.1. The van der Waals surface area contributed by atoms with Crippen molar-refractivity contribution >= 4 is 11.8 Å². The van der Waals surface area contributed by atoms with Crippen LogP contribution in [0.25, 0.3) is 0 Å². The number of thioether (sulfide) groups is 1. The second-order valence-electron chi connectivity index (χ2n) is 3.98. The highest BCUT2D eigenvalue weighted by molar-refractivity contribution is 7.99. The molecule has 2 aromatic rings. The first-order valence-electron chi connectivity index (χ1n) is 5.74. The van der Waals surface area contributed by atoms with Crippen LogP contribution in [0, 0.1) is 5.82 Å². The molecule has 0 bridgehead atoms. The second kappa shape index (κ2) is 6.02. The van der Waals surface area contributed by atoms with E-state index in [0.717, 1.165) is 11.6 Å². The maximum Gasteiger partial charge on any atom is 0.136 e. The van der Waals surface area contributed by atoms with Gasteiger partial charge in [0.15, 0.2) is 0 Å². The molecule has 0 aliphatic carbocycles. The van der Waals surface area contributed by atoms with Crippen LogP contribution in [0.15, 0.2) is 41.6 Å². The zero-order valence-electron chi connectivity index (χ0n) is 10.4. The van der Waals surface area contributed by atoms with Crippen LogP contribution in [0.4, 0.5) is 4.39 Å². The van der Waals surface area contributed by atoms with Crippen molar-refractivity contribution < 1.29 is 4.39 Å². The number of benzene rings is 1. The van der Waals surface area contributed by atoms with Crippen LogP contribution >= 0.6 is 11.8 Å². The molecule has 0 saturated carbocycles. The van der Waals surface area contributed by atoms with Crippen LogP contribution in [0.3, 0.4) is 0 Å². The van der Waals surface area contributed by atoms with Gasteiger partial charge in [0.2, 0.25) is 0 Å². The molecule has 3 nitrogen and oxygen atoms in total. The molecule has 0 spiro atoms. The molecule has 18 heavy (non-hydrogen) atoms. The molecule has 0 aliphatic rings. The third kappa shape index (κ3) is 2.91. The topological polar surface area (TPSA) is 29.9 Å². The van der Waals surface area contributed by atoms with Crippen molar-refractivity contribution in [1.29, 1.82) is 0 Å². The minimum Gasteiger partial charge on any atom is -0.337 e. The Hall–Kier alpha value is -1.33. The van der Waals surface area contributed by atoms with Crippen LogP contribution in [-0.2, 0) is 7.05 Å². The summed E-state index contributed by atoms with van der Waals surface area (Å²) in [6, 6.07) is 6.94. The minimum absolute atomic E-state index is 0.106. The molecular formula is C13H16FN3S. The fourth-order valence-electron chi connectivity index (χ4n) is 1.73. The molecule has 1 aromatic heterocycles. The van der Waals surface area contributed by atoms with Gasteiger partial charge in [-0.05, 0) is 19.2 Å². The Morgan fingerprint density at radius 3 is 2.83 bits per heavy atom. The molecule has 1 atom stereocenters. The monoisotopic (exact) mass is 265 g/mol. The summed E-state index contributed by atoms with van der Waals surface area (Å²) in [6.45, 7) is 0. The van der Waals surface area contributed by atoms with E-state index in [1.54, 1.807) is 18.3 Å². The number of nitrogens with one attached hydrogen (secondary N) is 1. The summed E-state index contributed by atoms with van der Waals surface area (Å²) in [5.41, 5.74) is 0. The number of imidazole rings is 1. The zero-order valence-corrected chi connectivity index (χ0v) is 11.2. The van der Waals surface area contributed by atoms with Crippen LogP contribution in [-0.4, -0.2) is 22.4 Å². The van der Waals surface area contributed by atoms with E-state index in [2.05, 4.69) is 10.3 Å². The summed E-state index contributed by atoms with van der Waals surface area (Å²) < 4.78 is 15.5. The Labute approximate surface area is 110 Å². The lowest BCUT2D eigenvalue weighted by Crippen LogP contribution is -2.22. The summed E-state index contributed by atoms with van der Waals surface area (Å²) in [5, 5.41) is 3.21. The number of hydrogen-bond donors (Lipinski definition) is 1. The molecule has 96 valence electrons. The molecule has 1 heterocycles. The van der Waals surface area contributed by atoms with Crippen molar-refractivity contribution in [2.24, 2.45) is 7.05 Å². The Bertz CT molecular complexity index is 512. The van der Waals surface area contributed by atoms with Gasteiger partial charge in [-0.3, -0.25) is 0 Å². The highest BCUT2D eigenvalue weighted by Gasteiger charge is 2.14. The predicted octanol–water partition coefficient (Wildman–Crippen LogP) is 2.61. The largest absolute Gasteiger partial charge is 0.337 e. The Morgan fingerprint density at radius 1 is 1.44 bits per heavy atom. The SMILES string of the molecule is CNC(CSc1ccccc1F)c1nccn1C. The first-order valence-corrected chi connectivity index (χ1v) is 6.72. The van der Waals surface area contributed by atoms with Gasteiger partial charge in [0.05, 0.1) is 6.04 Å². The molecule has 0 fully saturated rings. The number of nitrogens with zero attached hydrogens (tertiary/aromatic N) is 2. The highest BCUT2D eigenvalue weighted by Crippen LogP contribution is 2.25. The number of hydrogen-bond acceptors (Lipinski definition) is 3. The maximum absolute atomic E-state index is 13.5. The Kier molecular flexibility index (Phi) is 4.38. The van der Waals surface area contributed by atoms with E-state index in [-0.39, 0.29) is 11.9 Å². The molecule has 2 rings (SSSR count). The maximum atomic E-state index is 13.5. The van der Waals surface area contributed by atoms with Gasteiger partial charge in [0, 0.05) is 30.1 Å². The predicted molar refractivity (Wildman–Crippen MR) is 72.1 cm³/mol. The molecule has 1 N–H and O–H groups in total. The van der Waals surface area contributed by atoms with Crippen LogP contribution < -0.4 is 5.32 Å². The summed E-state index contributed by atoms with van der Waals surface area (Å²) in [4.78, 5) is 4.99. The third-order valence-corrected chi connectivity index (χ3v) is 3.90. The van der Waals surface area contributed by atoms with Gasteiger partial charge in [-0.1, -0.05) is 12.1 Å². The quantitative estimate of drug-likeness (QED) is 0.843. The first-order chi connectivity index (χ1) is 8.72. The number of rotatable bonds is 5. The lowest BCUT2D eigenvalue weighted by atomic mass is 10.3. The Morgan fingerprint density at radius 2 is 2.22 bits per heavy atom. The molecule has 1 unspecified atom stereocenters.